The summed E-state index contributed by atoms with van der Waals surface area (Å²) in [6.07, 6.45) is 1.43. The Hall–Kier alpha value is -3.50. The van der Waals surface area contributed by atoms with Crippen molar-refractivity contribution in [2.45, 2.75) is 25.7 Å². The van der Waals surface area contributed by atoms with Crippen LogP contribution < -0.4 is 20.1 Å². The van der Waals surface area contributed by atoms with Gasteiger partial charge in [0, 0.05) is 16.5 Å². The fraction of sp³-hybridized carbons (Fsp3) is 0.250. The van der Waals surface area contributed by atoms with E-state index in [1.54, 1.807) is 18.2 Å². The van der Waals surface area contributed by atoms with Crippen LogP contribution in [0.2, 0.25) is 0 Å². The minimum absolute atomic E-state index is 0.129. The topological polar surface area (TPSA) is 102 Å². The van der Waals surface area contributed by atoms with Crippen molar-refractivity contribution in [2.75, 3.05) is 24.9 Å². The number of aryl methyl sites for hydroxylation is 2. The van der Waals surface area contributed by atoms with Gasteiger partial charge in [0.05, 0.1) is 36.0 Å². The number of hydrogen-bond acceptors (Lipinski definition) is 8. The second-order valence-electron chi connectivity index (χ2n) is 7.90. The quantitative estimate of drug-likeness (QED) is 0.391. The van der Waals surface area contributed by atoms with Crippen LogP contribution in [0.15, 0.2) is 36.4 Å². The molecule has 8 nitrogen and oxygen atoms in total. The summed E-state index contributed by atoms with van der Waals surface area (Å²) in [5.41, 5.74) is 3.10. The van der Waals surface area contributed by atoms with Crippen molar-refractivity contribution in [3.8, 4) is 11.5 Å². The molecule has 0 aliphatic heterocycles. The summed E-state index contributed by atoms with van der Waals surface area (Å²) in [5, 5.41) is 6.84. The first-order valence-corrected chi connectivity index (χ1v) is 12.3. The number of fused-ring (bicyclic) bond motifs is 2. The molecule has 1 aliphatic carbocycles. The van der Waals surface area contributed by atoms with E-state index >= 15 is 0 Å². The third-order valence-electron chi connectivity index (χ3n) is 5.72. The highest BCUT2D eigenvalue weighted by Crippen LogP contribution is 2.39. The van der Waals surface area contributed by atoms with Gasteiger partial charge < -0.3 is 14.8 Å². The predicted molar refractivity (Wildman–Crippen MR) is 134 cm³/mol. The molecule has 4 aromatic rings. The predicted octanol–water partition coefficient (Wildman–Crippen LogP) is 5.00. The Balaban J connectivity index is 1.31. The van der Waals surface area contributed by atoms with E-state index in [0.717, 1.165) is 32.8 Å². The molecule has 0 spiro atoms. The molecule has 0 saturated heterocycles. The van der Waals surface area contributed by atoms with Crippen LogP contribution in [0.25, 0.3) is 10.2 Å². The number of rotatable bonds is 6. The summed E-state index contributed by atoms with van der Waals surface area (Å²) in [7, 11) is 3.06. The highest BCUT2D eigenvalue weighted by Gasteiger charge is 2.33. The monoisotopic (exact) mass is 494 g/mol. The molecule has 5 rings (SSSR count). The van der Waals surface area contributed by atoms with E-state index < -0.39 is 0 Å². The number of anilines is 2. The highest BCUT2D eigenvalue weighted by molar-refractivity contribution is 7.22. The molecule has 10 heteroatoms. The van der Waals surface area contributed by atoms with Crippen LogP contribution in [0.3, 0.4) is 0 Å². The number of carbonyl (C=O) groups is 2. The first-order chi connectivity index (χ1) is 16.4. The number of carbonyl (C=O) groups excluding carboxylic acids is 2. The van der Waals surface area contributed by atoms with E-state index in [9.17, 15) is 9.59 Å². The standard InChI is InChI=1S/C24H22N4O4S2/c1-12-5-4-6-17-19(12)25-23(33-17)28-22(30)16-7-8-18-20(16)26-24(34-18)27-21(29)13-9-14(31-2)11-15(10-13)32-3/h4-6,9-11,16H,7-8H2,1-3H3,(H,25,28,30)(H,26,27,29). The molecule has 1 unspecified atom stereocenters. The molecule has 1 atom stereocenters. The van der Waals surface area contributed by atoms with Crippen LogP contribution >= 0.6 is 22.7 Å². The number of thiazole rings is 2. The Bertz CT molecular complexity index is 1390. The van der Waals surface area contributed by atoms with Crippen LogP contribution in [0, 0.1) is 6.92 Å². The summed E-state index contributed by atoms with van der Waals surface area (Å²) in [6.45, 7) is 2.00. The zero-order chi connectivity index (χ0) is 23.8. The molecule has 2 amide bonds. The number of nitrogens with zero attached hydrogens (tertiary/aromatic N) is 2. The number of nitrogens with one attached hydrogen (secondary N) is 2. The number of para-hydroxylation sites is 1. The minimum atomic E-state index is -0.373. The van der Waals surface area contributed by atoms with Gasteiger partial charge in [0.1, 0.15) is 11.5 Å². The number of aromatic nitrogens is 2. The largest absolute Gasteiger partial charge is 0.497 e. The lowest BCUT2D eigenvalue weighted by Gasteiger charge is -2.09. The molecule has 1 aliphatic rings. The summed E-state index contributed by atoms with van der Waals surface area (Å²) in [6, 6.07) is 11.0. The Labute approximate surface area is 204 Å². The molecule has 34 heavy (non-hydrogen) atoms. The third kappa shape index (κ3) is 4.22. The average Bonchev–Trinajstić information content (AvgIpc) is 3.53. The van der Waals surface area contributed by atoms with Gasteiger partial charge in [-0.05, 0) is 43.5 Å². The molecule has 0 saturated carbocycles. The normalized spacial score (nSPS) is 14.6. The lowest BCUT2D eigenvalue weighted by molar-refractivity contribution is -0.117. The second kappa shape index (κ2) is 9.03. The van der Waals surface area contributed by atoms with Crippen LogP contribution in [0.4, 0.5) is 10.3 Å². The number of methoxy groups -OCH3 is 2. The van der Waals surface area contributed by atoms with E-state index in [0.29, 0.717) is 33.7 Å². The van der Waals surface area contributed by atoms with E-state index in [4.69, 9.17) is 9.47 Å². The minimum Gasteiger partial charge on any atom is -0.497 e. The van der Waals surface area contributed by atoms with Crippen molar-refractivity contribution in [3.63, 3.8) is 0 Å². The Morgan fingerprint density at radius 2 is 1.74 bits per heavy atom. The van der Waals surface area contributed by atoms with Crippen molar-refractivity contribution in [3.05, 3.63) is 58.1 Å². The maximum atomic E-state index is 13.0. The maximum Gasteiger partial charge on any atom is 0.257 e. The zero-order valence-electron chi connectivity index (χ0n) is 18.8. The fourth-order valence-corrected chi connectivity index (χ4v) is 5.96. The Kier molecular flexibility index (Phi) is 5.93. The van der Waals surface area contributed by atoms with Crippen LogP contribution in [0.5, 0.6) is 11.5 Å². The number of benzene rings is 2. The summed E-state index contributed by atoms with van der Waals surface area (Å²) < 4.78 is 11.5. The lowest BCUT2D eigenvalue weighted by atomic mass is 10.1. The fourth-order valence-electron chi connectivity index (χ4n) is 3.98. The van der Waals surface area contributed by atoms with Crippen molar-refractivity contribution >= 4 is 55.0 Å². The van der Waals surface area contributed by atoms with E-state index in [1.807, 2.05) is 25.1 Å². The smallest absolute Gasteiger partial charge is 0.257 e. The Morgan fingerprint density at radius 3 is 2.44 bits per heavy atom. The van der Waals surface area contributed by atoms with Crippen molar-refractivity contribution in [1.82, 2.24) is 9.97 Å². The first kappa shape index (κ1) is 22.3. The molecule has 0 bridgehead atoms. The molecule has 0 fully saturated rings. The molecule has 0 radical (unpaired) electrons. The number of amides is 2. The Morgan fingerprint density at radius 1 is 1.00 bits per heavy atom. The molecular formula is C24H22N4O4S2. The van der Waals surface area contributed by atoms with Gasteiger partial charge in [0.15, 0.2) is 10.3 Å². The van der Waals surface area contributed by atoms with E-state index in [-0.39, 0.29) is 17.7 Å². The lowest BCUT2D eigenvalue weighted by Crippen LogP contribution is -2.20. The molecule has 2 N–H and O–H groups in total. The van der Waals surface area contributed by atoms with Gasteiger partial charge in [-0.2, -0.15) is 0 Å². The van der Waals surface area contributed by atoms with Crippen molar-refractivity contribution in [1.29, 1.82) is 0 Å². The van der Waals surface area contributed by atoms with Gasteiger partial charge in [-0.1, -0.05) is 23.5 Å². The van der Waals surface area contributed by atoms with Gasteiger partial charge in [0.25, 0.3) is 5.91 Å². The molecule has 2 aromatic heterocycles. The number of hydrogen-bond donors (Lipinski definition) is 2. The van der Waals surface area contributed by atoms with E-state index in [1.165, 1.54) is 36.9 Å². The van der Waals surface area contributed by atoms with Gasteiger partial charge >= 0.3 is 0 Å². The molecule has 2 aromatic carbocycles. The van der Waals surface area contributed by atoms with Crippen molar-refractivity contribution in [2.24, 2.45) is 0 Å². The van der Waals surface area contributed by atoms with Gasteiger partial charge in [0.2, 0.25) is 5.91 Å². The summed E-state index contributed by atoms with van der Waals surface area (Å²) in [4.78, 5) is 36.0. The maximum absolute atomic E-state index is 13.0. The van der Waals surface area contributed by atoms with E-state index in [2.05, 4.69) is 20.6 Å². The van der Waals surface area contributed by atoms with Crippen LogP contribution in [-0.4, -0.2) is 36.0 Å². The summed E-state index contributed by atoms with van der Waals surface area (Å²) >= 11 is 2.86. The zero-order valence-corrected chi connectivity index (χ0v) is 20.4. The third-order valence-corrected chi connectivity index (χ3v) is 7.70. The van der Waals surface area contributed by atoms with Crippen molar-refractivity contribution < 1.29 is 19.1 Å². The van der Waals surface area contributed by atoms with Crippen LogP contribution in [0.1, 0.15) is 38.8 Å². The first-order valence-electron chi connectivity index (χ1n) is 10.7. The van der Waals surface area contributed by atoms with Gasteiger partial charge in [-0.15, -0.1) is 11.3 Å². The average molecular weight is 495 g/mol. The molecular weight excluding hydrogens is 472 g/mol. The second-order valence-corrected chi connectivity index (χ2v) is 10.0. The highest BCUT2D eigenvalue weighted by atomic mass is 32.1. The van der Waals surface area contributed by atoms with Gasteiger partial charge in [-0.25, -0.2) is 9.97 Å². The SMILES string of the molecule is COc1cc(OC)cc(C(=O)Nc2nc3c(s2)CCC3C(=O)Nc2nc3c(C)cccc3s2)c1. The summed E-state index contributed by atoms with van der Waals surface area (Å²) in [5.74, 6) is 0.217. The molecule has 174 valence electrons. The van der Waals surface area contributed by atoms with Gasteiger partial charge in [-0.3, -0.25) is 14.9 Å². The number of ether oxygens (including phenoxy) is 2. The van der Waals surface area contributed by atoms with Crippen LogP contribution in [-0.2, 0) is 11.2 Å². The molecule has 2 heterocycles.